The summed E-state index contributed by atoms with van der Waals surface area (Å²) >= 11 is -2.39. The first-order valence-electron chi connectivity index (χ1n) is 5.40. The number of rotatable bonds is 4. The van der Waals surface area contributed by atoms with E-state index in [2.05, 4.69) is 4.84 Å². The molecule has 0 aliphatic heterocycles. The van der Waals surface area contributed by atoms with Gasteiger partial charge in [0.25, 0.3) is 11.3 Å². The molecule has 0 spiro atoms. The van der Waals surface area contributed by atoms with Crippen LogP contribution >= 0.6 is 0 Å². The minimum Gasteiger partial charge on any atom is -0.351 e. The summed E-state index contributed by atoms with van der Waals surface area (Å²) < 4.78 is 18.7. The van der Waals surface area contributed by atoms with Gasteiger partial charge in [-0.2, -0.15) is 0 Å². The molecule has 1 atom stereocenters. The molecule has 2 N–H and O–H groups in total. The summed E-state index contributed by atoms with van der Waals surface area (Å²) in [6, 6.07) is 16.4. The molecular weight excluding hydrogens is 266 g/mol. The van der Waals surface area contributed by atoms with Crippen LogP contribution in [0.3, 0.4) is 0 Å². The van der Waals surface area contributed by atoms with Crippen molar-refractivity contribution in [3.05, 3.63) is 60.2 Å². The molecule has 0 aliphatic carbocycles. The largest absolute Gasteiger partial charge is 0.357 e. The molecule has 2 aromatic carbocycles. The van der Waals surface area contributed by atoms with Gasteiger partial charge in [-0.15, -0.1) is 0 Å². The fourth-order valence-corrected chi connectivity index (χ4v) is 1.71. The first-order valence-corrected chi connectivity index (χ1v) is 6.50. The van der Waals surface area contributed by atoms with E-state index in [-0.39, 0.29) is 5.56 Å². The summed E-state index contributed by atoms with van der Waals surface area (Å²) in [6.45, 7) is 0. The predicted molar refractivity (Wildman–Crippen MR) is 71.2 cm³/mol. The zero-order valence-electron chi connectivity index (χ0n) is 9.78. The molecule has 0 heterocycles. The summed E-state index contributed by atoms with van der Waals surface area (Å²) in [6.07, 6.45) is 0. The van der Waals surface area contributed by atoms with Gasteiger partial charge in [0.05, 0.1) is 5.56 Å². The van der Waals surface area contributed by atoms with Gasteiger partial charge in [0.1, 0.15) is 0 Å². The number of hydrogen-bond acceptors (Lipinski definition) is 3. The molecule has 5 nitrogen and oxygen atoms in total. The molecule has 6 heteroatoms. The second-order valence-corrected chi connectivity index (χ2v) is 4.33. The maximum Gasteiger partial charge on any atom is 0.357 e. The third-order valence-electron chi connectivity index (χ3n) is 2.43. The highest BCUT2D eigenvalue weighted by molar-refractivity contribution is 7.76. The third kappa shape index (κ3) is 3.72. The summed E-state index contributed by atoms with van der Waals surface area (Å²) in [4.78, 5) is 17.5. The molecule has 2 aromatic rings. The summed E-state index contributed by atoms with van der Waals surface area (Å²) in [5.41, 5.74) is 2.30. The van der Waals surface area contributed by atoms with Crippen LogP contribution in [-0.4, -0.2) is 14.7 Å². The number of hydrogen-bond donors (Lipinski definition) is 2. The Balaban J connectivity index is 2.10. The van der Waals surface area contributed by atoms with Crippen molar-refractivity contribution in [2.75, 3.05) is 0 Å². The van der Waals surface area contributed by atoms with Gasteiger partial charge >= 0.3 is 5.97 Å². The second-order valence-electron chi connectivity index (χ2n) is 3.67. The predicted octanol–water partition coefficient (Wildman–Crippen LogP) is 2.15. The monoisotopic (exact) mass is 277 g/mol. The number of nitrogens with one attached hydrogen (secondary N) is 1. The molecule has 1 unspecified atom stereocenters. The fraction of sp³-hybridized carbons (Fsp3) is 0. The first-order chi connectivity index (χ1) is 9.16. The standard InChI is InChI=1S/C13H11NO4S/c15-13(18-14-19(16)17)12-8-6-11(7-9-12)10-4-2-1-3-5-10/h1-9,14H,(H,16,17). The number of benzene rings is 2. The number of carbonyl (C=O) groups excluding carboxylic acids is 1. The van der Waals surface area contributed by atoms with Crippen LogP contribution in [-0.2, 0) is 16.1 Å². The van der Waals surface area contributed by atoms with Crippen LogP contribution in [0.4, 0.5) is 0 Å². The summed E-state index contributed by atoms with van der Waals surface area (Å²) in [7, 11) is 0. The molecule has 0 saturated heterocycles. The van der Waals surface area contributed by atoms with Gasteiger partial charge in [-0.25, -0.2) is 9.00 Å². The van der Waals surface area contributed by atoms with Gasteiger partial charge in [-0.1, -0.05) is 42.5 Å². The van der Waals surface area contributed by atoms with Crippen molar-refractivity contribution in [3.8, 4) is 11.1 Å². The lowest BCUT2D eigenvalue weighted by Crippen LogP contribution is -2.21. The molecule has 98 valence electrons. The minimum absolute atomic E-state index is 0.289. The SMILES string of the molecule is O=C(ONS(=O)O)c1ccc(-c2ccccc2)cc1. The van der Waals surface area contributed by atoms with Gasteiger partial charge in [0.2, 0.25) is 0 Å². The lowest BCUT2D eigenvalue weighted by molar-refractivity contribution is 0.0405. The van der Waals surface area contributed by atoms with E-state index in [1.807, 2.05) is 30.3 Å². The van der Waals surface area contributed by atoms with E-state index in [1.165, 1.54) is 0 Å². The maximum absolute atomic E-state index is 11.5. The Bertz CT molecular complexity index is 583. The summed E-state index contributed by atoms with van der Waals surface area (Å²) in [5, 5.41) is 0. The molecule has 0 saturated carbocycles. The van der Waals surface area contributed by atoms with E-state index in [0.717, 1.165) is 11.1 Å². The number of carbonyl (C=O) groups is 1. The van der Waals surface area contributed by atoms with Crippen molar-refractivity contribution in [1.82, 2.24) is 4.89 Å². The van der Waals surface area contributed by atoms with Crippen molar-refractivity contribution in [2.45, 2.75) is 0 Å². The molecule has 0 aliphatic rings. The molecule has 19 heavy (non-hydrogen) atoms. The minimum atomic E-state index is -2.39. The van der Waals surface area contributed by atoms with Crippen LogP contribution in [0.15, 0.2) is 54.6 Å². The Morgan fingerprint density at radius 1 is 1.00 bits per heavy atom. The van der Waals surface area contributed by atoms with Gasteiger partial charge in [-0.3, -0.25) is 4.55 Å². The van der Waals surface area contributed by atoms with E-state index in [9.17, 15) is 9.00 Å². The highest BCUT2D eigenvalue weighted by Gasteiger charge is 2.08. The van der Waals surface area contributed by atoms with Crippen LogP contribution in [0.2, 0.25) is 0 Å². The van der Waals surface area contributed by atoms with Gasteiger partial charge in [-0.05, 0) is 28.1 Å². The highest BCUT2D eigenvalue weighted by Crippen LogP contribution is 2.19. The molecule has 2 rings (SSSR count). The van der Waals surface area contributed by atoms with E-state index in [0.29, 0.717) is 0 Å². The Kier molecular flexibility index (Phi) is 4.40. The normalized spacial score (nSPS) is 11.8. The molecule has 0 radical (unpaired) electrons. The molecular formula is C13H11NO4S. The quantitative estimate of drug-likeness (QED) is 0.663. The Morgan fingerprint density at radius 2 is 1.58 bits per heavy atom. The molecule has 0 bridgehead atoms. The van der Waals surface area contributed by atoms with E-state index in [1.54, 1.807) is 29.2 Å². The first kappa shape index (κ1) is 13.4. The van der Waals surface area contributed by atoms with Crippen LogP contribution in [0, 0.1) is 0 Å². The van der Waals surface area contributed by atoms with Crippen molar-refractivity contribution in [2.24, 2.45) is 0 Å². The third-order valence-corrected chi connectivity index (χ3v) is 2.66. The van der Waals surface area contributed by atoms with Crippen LogP contribution in [0.1, 0.15) is 10.4 Å². The average molecular weight is 277 g/mol. The zero-order valence-corrected chi connectivity index (χ0v) is 10.6. The van der Waals surface area contributed by atoms with E-state index >= 15 is 0 Å². The molecule has 0 aromatic heterocycles. The van der Waals surface area contributed by atoms with Crippen LogP contribution in [0.25, 0.3) is 11.1 Å². The lowest BCUT2D eigenvalue weighted by Gasteiger charge is -2.04. The zero-order chi connectivity index (χ0) is 13.7. The fourth-order valence-electron chi connectivity index (χ4n) is 1.56. The van der Waals surface area contributed by atoms with Gasteiger partial charge < -0.3 is 4.84 Å². The second kappa shape index (κ2) is 6.24. The smallest absolute Gasteiger partial charge is 0.351 e. The van der Waals surface area contributed by atoms with Crippen molar-refractivity contribution in [3.63, 3.8) is 0 Å². The van der Waals surface area contributed by atoms with E-state index < -0.39 is 17.2 Å². The maximum atomic E-state index is 11.5. The Hall–Kier alpha value is -2.02. The summed E-state index contributed by atoms with van der Waals surface area (Å²) in [5.74, 6) is -0.720. The van der Waals surface area contributed by atoms with Crippen molar-refractivity contribution in [1.29, 1.82) is 0 Å². The lowest BCUT2D eigenvalue weighted by atomic mass is 10.0. The topological polar surface area (TPSA) is 75.6 Å². The average Bonchev–Trinajstić information content (AvgIpc) is 2.46. The van der Waals surface area contributed by atoms with E-state index in [4.69, 9.17) is 4.55 Å². The Morgan fingerprint density at radius 3 is 2.16 bits per heavy atom. The molecule has 0 fully saturated rings. The highest BCUT2D eigenvalue weighted by atomic mass is 32.2. The van der Waals surface area contributed by atoms with Crippen molar-refractivity contribution < 1.29 is 18.4 Å². The van der Waals surface area contributed by atoms with Crippen LogP contribution < -0.4 is 4.89 Å². The van der Waals surface area contributed by atoms with Gasteiger partial charge in [0, 0.05) is 0 Å². The van der Waals surface area contributed by atoms with Crippen LogP contribution in [0.5, 0.6) is 0 Å². The van der Waals surface area contributed by atoms with Crippen molar-refractivity contribution >= 4 is 17.2 Å². The molecule has 0 amide bonds. The Labute approximate surface area is 112 Å². The van der Waals surface area contributed by atoms with Gasteiger partial charge in [0.15, 0.2) is 0 Å².